The van der Waals surface area contributed by atoms with Crippen molar-refractivity contribution in [2.45, 2.75) is 44.7 Å². The Balaban J connectivity index is 2.00. The van der Waals surface area contributed by atoms with E-state index in [9.17, 15) is 13.2 Å². The van der Waals surface area contributed by atoms with E-state index in [4.69, 9.17) is 4.74 Å². The fraction of sp³-hybridized carbons (Fsp3) is 0.316. The van der Waals surface area contributed by atoms with Crippen molar-refractivity contribution < 1.29 is 17.9 Å². The van der Waals surface area contributed by atoms with Crippen LogP contribution in [0.1, 0.15) is 26.3 Å². The molecule has 0 fully saturated rings. The predicted octanol–water partition coefficient (Wildman–Crippen LogP) is 3.09. The van der Waals surface area contributed by atoms with Gasteiger partial charge in [0.2, 0.25) is 10.0 Å². The zero-order chi connectivity index (χ0) is 19.3. The van der Waals surface area contributed by atoms with Gasteiger partial charge >= 0.3 is 0 Å². The van der Waals surface area contributed by atoms with Crippen molar-refractivity contribution >= 4 is 21.6 Å². The Morgan fingerprint density at radius 1 is 1.04 bits per heavy atom. The summed E-state index contributed by atoms with van der Waals surface area (Å²) >= 11 is 0. The lowest BCUT2D eigenvalue weighted by atomic mass is 10.2. The highest BCUT2D eigenvalue weighted by atomic mass is 32.2. The van der Waals surface area contributed by atoms with Gasteiger partial charge in [-0.2, -0.15) is 0 Å². The molecule has 0 aromatic heterocycles. The second-order valence-electron chi connectivity index (χ2n) is 6.37. The van der Waals surface area contributed by atoms with E-state index in [1.54, 1.807) is 39.0 Å². The van der Waals surface area contributed by atoms with Crippen molar-refractivity contribution in [1.82, 2.24) is 4.72 Å². The second-order valence-corrected chi connectivity index (χ2v) is 8.08. The normalized spacial score (nSPS) is 12.7. The molecule has 1 amide bonds. The summed E-state index contributed by atoms with van der Waals surface area (Å²) in [7, 11) is -3.55. The van der Waals surface area contributed by atoms with Gasteiger partial charge in [0.25, 0.3) is 5.91 Å². The average Bonchev–Trinajstić information content (AvgIpc) is 2.54. The molecule has 2 N–H and O–H groups in total. The Morgan fingerprint density at radius 2 is 1.69 bits per heavy atom. The van der Waals surface area contributed by atoms with Gasteiger partial charge in [-0.3, -0.25) is 4.79 Å². The molecule has 0 radical (unpaired) electrons. The molecular formula is C19H24N2O4S. The highest BCUT2D eigenvalue weighted by Gasteiger charge is 2.17. The molecule has 6 nitrogen and oxygen atoms in total. The lowest BCUT2D eigenvalue weighted by molar-refractivity contribution is -0.122. The van der Waals surface area contributed by atoms with Gasteiger partial charge in [-0.25, -0.2) is 13.1 Å². The van der Waals surface area contributed by atoms with Crippen LogP contribution in [0, 0.1) is 6.92 Å². The van der Waals surface area contributed by atoms with Crippen LogP contribution in [0.4, 0.5) is 5.69 Å². The number of amides is 1. The molecule has 0 bridgehead atoms. The summed E-state index contributed by atoms with van der Waals surface area (Å²) < 4.78 is 32.3. The summed E-state index contributed by atoms with van der Waals surface area (Å²) in [5, 5.41) is 2.72. The van der Waals surface area contributed by atoms with Crippen LogP contribution in [0.3, 0.4) is 0 Å². The van der Waals surface area contributed by atoms with Crippen molar-refractivity contribution in [3.8, 4) is 5.75 Å². The quantitative estimate of drug-likeness (QED) is 0.778. The highest BCUT2D eigenvalue weighted by Crippen LogP contribution is 2.17. The van der Waals surface area contributed by atoms with Crippen LogP contribution in [0.5, 0.6) is 5.75 Å². The number of anilines is 1. The maximum atomic E-state index is 12.3. The number of rotatable bonds is 7. The summed E-state index contributed by atoms with van der Waals surface area (Å²) in [4.78, 5) is 12.4. The van der Waals surface area contributed by atoms with E-state index in [1.807, 2.05) is 25.1 Å². The van der Waals surface area contributed by atoms with E-state index in [1.165, 1.54) is 12.1 Å². The SMILES string of the molecule is Cc1cccc(O[C@H](C)C(=O)Nc2ccc(S(=O)(=O)NC(C)C)cc2)c1. The minimum Gasteiger partial charge on any atom is -0.481 e. The van der Waals surface area contributed by atoms with Gasteiger partial charge in [-0.15, -0.1) is 0 Å². The summed E-state index contributed by atoms with van der Waals surface area (Å²) in [6.07, 6.45) is -0.692. The molecule has 140 valence electrons. The first-order valence-corrected chi connectivity index (χ1v) is 9.82. The minimum atomic E-state index is -3.55. The third-order valence-corrected chi connectivity index (χ3v) is 5.17. The van der Waals surface area contributed by atoms with Crippen molar-refractivity contribution in [3.05, 3.63) is 54.1 Å². The van der Waals surface area contributed by atoms with E-state index in [0.29, 0.717) is 11.4 Å². The summed E-state index contributed by atoms with van der Waals surface area (Å²) in [5.41, 5.74) is 1.54. The number of hydrogen-bond donors (Lipinski definition) is 2. The van der Waals surface area contributed by atoms with Gasteiger partial charge in [-0.05, 0) is 69.7 Å². The largest absolute Gasteiger partial charge is 0.481 e. The van der Waals surface area contributed by atoms with Crippen LogP contribution in [-0.2, 0) is 14.8 Å². The van der Waals surface area contributed by atoms with E-state index in [2.05, 4.69) is 10.0 Å². The Bertz CT molecular complexity index is 861. The average molecular weight is 376 g/mol. The molecular weight excluding hydrogens is 352 g/mol. The number of benzene rings is 2. The predicted molar refractivity (Wildman–Crippen MR) is 102 cm³/mol. The second kappa shape index (κ2) is 8.33. The summed E-state index contributed by atoms with van der Waals surface area (Å²) in [6, 6.07) is 13.3. The number of hydrogen-bond acceptors (Lipinski definition) is 4. The maximum Gasteiger partial charge on any atom is 0.265 e. The number of ether oxygens (including phenoxy) is 1. The molecule has 2 aromatic carbocycles. The maximum absolute atomic E-state index is 12.3. The fourth-order valence-corrected chi connectivity index (χ4v) is 3.54. The molecule has 0 spiro atoms. The van der Waals surface area contributed by atoms with Crippen LogP contribution < -0.4 is 14.8 Å². The molecule has 1 atom stereocenters. The molecule has 2 rings (SSSR count). The van der Waals surface area contributed by atoms with Crippen molar-refractivity contribution in [3.63, 3.8) is 0 Å². The zero-order valence-electron chi connectivity index (χ0n) is 15.3. The van der Waals surface area contributed by atoms with Crippen LogP contribution in [0.15, 0.2) is 53.4 Å². The van der Waals surface area contributed by atoms with Gasteiger partial charge in [0.05, 0.1) is 4.90 Å². The molecule has 0 aliphatic rings. The molecule has 0 heterocycles. The lowest BCUT2D eigenvalue weighted by Crippen LogP contribution is -2.31. The number of carbonyl (C=O) groups is 1. The third-order valence-electron chi connectivity index (χ3n) is 3.49. The van der Waals surface area contributed by atoms with Crippen LogP contribution >= 0.6 is 0 Å². The van der Waals surface area contributed by atoms with Crippen molar-refractivity contribution in [2.75, 3.05) is 5.32 Å². The molecule has 2 aromatic rings. The number of carbonyl (C=O) groups excluding carboxylic acids is 1. The Morgan fingerprint density at radius 3 is 2.27 bits per heavy atom. The zero-order valence-corrected chi connectivity index (χ0v) is 16.1. The molecule has 7 heteroatoms. The minimum absolute atomic E-state index is 0.147. The van der Waals surface area contributed by atoms with Gasteiger partial charge in [0.1, 0.15) is 5.75 Å². The fourth-order valence-electron chi connectivity index (χ4n) is 2.29. The summed E-state index contributed by atoms with van der Waals surface area (Å²) in [5.74, 6) is 0.302. The number of aryl methyl sites for hydroxylation is 1. The van der Waals surface area contributed by atoms with Gasteiger partial charge in [0.15, 0.2) is 6.10 Å². The van der Waals surface area contributed by atoms with Crippen LogP contribution in [0.2, 0.25) is 0 Å². The van der Waals surface area contributed by atoms with Gasteiger partial charge in [0, 0.05) is 11.7 Å². The van der Waals surface area contributed by atoms with Crippen LogP contribution in [0.25, 0.3) is 0 Å². The molecule has 0 saturated carbocycles. The topological polar surface area (TPSA) is 84.5 Å². The first kappa shape index (κ1) is 19.9. The number of nitrogens with one attached hydrogen (secondary N) is 2. The highest BCUT2D eigenvalue weighted by molar-refractivity contribution is 7.89. The Kier molecular flexibility index (Phi) is 6.39. The Hall–Kier alpha value is -2.38. The van der Waals surface area contributed by atoms with E-state index >= 15 is 0 Å². The van der Waals surface area contributed by atoms with E-state index in [-0.39, 0.29) is 16.8 Å². The monoisotopic (exact) mass is 376 g/mol. The Labute approximate surface area is 154 Å². The first-order chi connectivity index (χ1) is 12.2. The van der Waals surface area contributed by atoms with E-state index < -0.39 is 16.1 Å². The number of sulfonamides is 1. The molecule has 0 aliphatic heterocycles. The van der Waals surface area contributed by atoms with Gasteiger partial charge in [-0.1, -0.05) is 12.1 Å². The van der Waals surface area contributed by atoms with E-state index in [0.717, 1.165) is 5.56 Å². The standard InChI is InChI=1S/C19H24N2O4S/c1-13(2)21-26(23,24)18-10-8-16(9-11-18)20-19(22)15(4)25-17-7-5-6-14(3)12-17/h5-13,15,21H,1-4H3,(H,20,22)/t15-/m1/s1. The molecule has 0 unspecified atom stereocenters. The molecule has 0 saturated heterocycles. The van der Waals surface area contributed by atoms with Crippen molar-refractivity contribution in [1.29, 1.82) is 0 Å². The van der Waals surface area contributed by atoms with Crippen molar-refractivity contribution in [2.24, 2.45) is 0 Å². The summed E-state index contributed by atoms with van der Waals surface area (Å²) in [6.45, 7) is 7.11. The molecule has 0 aliphatic carbocycles. The third kappa shape index (κ3) is 5.57. The molecule has 26 heavy (non-hydrogen) atoms. The van der Waals surface area contributed by atoms with Crippen LogP contribution in [-0.4, -0.2) is 26.5 Å². The first-order valence-electron chi connectivity index (χ1n) is 8.34. The lowest BCUT2D eigenvalue weighted by Gasteiger charge is -2.15. The van der Waals surface area contributed by atoms with Gasteiger partial charge < -0.3 is 10.1 Å². The smallest absolute Gasteiger partial charge is 0.265 e.